The van der Waals surface area contributed by atoms with E-state index in [1.54, 1.807) is 19.9 Å². The molecule has 2 fully saturated rings. The second-order valence-electron chi connectivity index (χ2n) is 9.07. The molecular formula is C27H40O6. The van der Waals surface area contributed by atoms with Gasteiger partial charge in [0.1, 0.15) is 0 Å². The van der Waals surface area contributed by atoms with Crippen molar-refractivity contribution in [1.82, 2.24) is 0 Å². The highest BCUT2D eigenvalue weighted by molar-refractivity contribution is 5.78. The molecule has 6 nitrogen and oxygen atoms in total. The number of aliphatic hydroxyl groups excluding tert-OH is 2. The Labute approximate surface area is 201 Å². The lowest BCUT2D eigenvalue weighted by atomic mass is 9.89. The molecule has 0 spiro atoms. The third-order valence-corrected chi connectivity index (χ3v) is 6.57. The van der Waals surface area contributed by atoms with Crippen LogP contribution in [-0.4, -0.2) is 47.1 Å². The average molecular weight is 463 g/mol. The van der Waals surface area contributed by atoms with Crippen molar-refractivity contribution >= 4 is 11.9 Å². The lowest BCUT2D eigenvalue weighted by Crippen LogP contribution is -2.26. The molecule has 0 saturated heterocycles. The van der Waals surface area contributed by atoms with Crippen molar-refractivity contribution in [3.63, 3.8) is 0 Å². The Morgan fingerprint density at radius 1 is 1.33 bits per heavy atom. The smallest absolute Gasteiger partial charge is 0.347 e. The minimum Gasteiger partial charge on any atom is -0.463 e. The molecule has 7 atom stereocenters. The predicted molar refractivity (Wildman–Crippen MR) is 127 cm³/mol. The third-order valence-electron chi connectivity index (χ3n) is 6.57. The summed E-state index contributed by atoms with van der Waals surface area (Å²) in [6.07, 6.45) is 4.69. The van der Waals surface area contributed by atoms with Crippen LogP contribution in [0.25, 0.3) is 0 Å². The fourth-order valence-corrected chi connectivity index (χ4v) is 4.72. The van der Waals surface area contributed by atoms with Gasteiger partial charge >= 0.3 is 11.9 Å². The fraction of sp³-hybridized carbons (Fsp3) is 0.704. The zero-order chi connectivity index (χ0) is 26.2. The van der Waals surface area contributed by atoms with E-state index >= 15 is 0 Å². The number of allylic oxidation sites excluding steroid dienone is 2. The SMILES string of the molecule is [2H]C([2H])(CC/C=C1\C[C@H]2C[C@@H](O)[C@H](/C=C/[C@@H](O)C(C)CC#CC)[C@H]2C1)C(=O)O[C@@H](C)C(=O)OCC. The van der Waals surface area contributed by atoms with E-state index in [0.717, 1.165) is 12.8 Å². The Morgan fingerprint density at radius 3 is 2.79 bits per heavy atom. The van der Waals surface area contributed by atoms with E-state index in [9.17, 15) is 19.8 Å². The minimum absolute atomic E-state index is 0.0178. The van der Waals surface area contributed by atoms with Gasteiger partial charge in [-0.25, -0.2) is 4.79 Å². The molecule has 0 amide bonds. The van der Waals surface area contributed by atoms with Crippen molar-refractivity contribution in [2.24, 2.45) is 23.7 Å². The molecule has 2 saturated carbocycles. The van der Waals surface area contributed by atoms with Crippen LogP contribution in [-0.2, 0) is 19.1 Å². The van der Waals surface area contributed by atoms with Gasteiger partial charge in [-0.2, -0.15) is 0 Å². The number of aliphatic hydroxyl groups is 2. The monoisotopic (exact) mass is 462 g/mol. The maximum Gasteiger partial charge on any atom is 0.347 e. The lowest BCUT2D eigenvalue weighted by molar-refractivity contribution is -0.166. The first kappa shape index (κ1) is 24.0. The summed E-state index contributed by atoms with van der Waals surface area (Å²) in [6, 6.07) is 0. The first-order chi connectivity index (χ1) is 16.5. The fourth-order valence-electron chi connectivity index (χ4n) is 4.72. The summed E-state index contributed by atoms with van der Waals surface area (Å²) in [5.74, 6) is 4.72. The maximum atomic E-state index is 12.2. The van der Waals surface area contributed by atoms with Crippen molar-refractivity contribution in [2.45, 2.75) is 90.9 Å². The molecule has 2 N–H and O–H groups in total. The van der Waals surface area contributed by atoms with Crippen molar-refractivity contribution in [3.05, 3.63) is 23.8 Å². The predicted octanol–water partition coefficient (Wildman–Crippen LogP) is 3.95. The van der Waals surface area contributed by atoms with Gasteiger partial charge in [0.05, 0.1) is 18.8 Å². The molecule has 0 heterocycles. The van der Waals surface area contributed by atoms with Gasteiger partial charge in [0.15, 0.2) is 6.10 Å². The van der Waals surface area contributed by atoms with E-state index in [1.165, 1.54) is 12.5 Å². The molecule has 2 aliphatic rings. The Morgan fingerprint density at radius 2 is 2.09 bits per heavy atom. The second kappa shape index (κ2) is 13.6. The van der Waals surface area contributed by atoms with Gasteiger partial charge in [-0.05, 0) is 70.6 Å². The zero-order valence-electron chi connectivity index (χ0n) is 22.3. The Balaban J connectivity index is 1.89. The van der Waals surface area contributed by atoms with Crippen LogP contribution in [0.3, 0.4) is 0 Å². The molecule has 2 rings (SSSR count). The summed E-state index contributed by atoms with van der Waals surface area (Å²) in [5, 5.41) is 20.9. The standard InChI is InChI=1S/C27H40O6/c1-5-7-10-18(3)24(28)14-13-22-23-16-20(15-21(23)17-25(22)29)11-8-9-12-26(30)33-19(4)27(31)32-6-2/h11,13-14,18-19,21-25,28-29H,6,8-10,12,15-17H2,1-4H3/b14-13+,20-11+/t18?,19-,21-,22+,23-,24+,25+/m0/s1/i12D2. The quantitative estimate of drug-likeness (QED) is 0.274. The molecule has 0 aromatic rings. The molecule has 0 aliphatic heterocycles. The highest BCUT2D eigenvalue weighted by Crippen LogP contribution is 2.50. The molecule has 0 bridgehead atoms. The first-order valence-corrected chi connectivity index (χ1v) is 12.0. The number of esters is 2. The number of ether oxygens (including phenoxy) is 2. The van der Waals surface area contributed by atoms with Crippen molar-refractivity contribution < 1.29 is 32.0 Å². The van der Waals surface area contributed by atoms with Gasteiger partial charge in [0, 0.05) is 21.5 Å². The van der Waals surface area contributed by atoms with Crippen LogP contribution in [0.4, 0.5) is 0 Å². The number of rotatable bonds is 11. The van der Waals surface area contributed by atoms with Gasteiger partial charge < -0.3 is 19.7 Å². The summed E-state index contributed by atoms with van der Waals surface area (Å²) in [6.45, 7) is 6.90. The van der Waals surface area contributed by atoms with E-state index in [0.29, 0.717) is 25.2 Å². The average Bonchev–Trinajstić information content (AvgIpc) is 3.31. The van der Waals surface area contributed by atoms with E-state index < -0.39 is 36.6 Å². The highest BCUT2D eigenvalue weighted by atomic mass is 16.6. The van der Waals surface area contributed by atoms with Gasteiger partial charge in [-0.15, -0.1) is 11.8 Å². The number of fused-ring (bicyclic) bond motifs is 1. The summed E-state index contributed by atoms with van der Waals surface area (Å²) in [4.78, 5) is 23.8. The third kappa shape index (κ3) is 8.32. The highest BCUT2D eigenvalue weighted by Gasteiger charge is 2.45. The topological polar surface area (TPSA) is 93.1 Å². The number of carbonyl (C=O) groups is 2. The van der Waals surface area contributed by atoms with Crippen LogP contribution in [0.5, 0.6) is 0 Å². The van der Waals surface area contributed by atoms with Crippen molar-refractivity contribution in [3.8, 4) is 11.8 Å². The zero-order valence-corrected chi connectivity index (χ0v) is 20.3. The Kier molecular flexibility index (Phi) is 9.88. The van der Waals surface area contributed by atoms with Gasteiger partial charge in [0.25, 0.3) is 0 Å². The van der Waals surface area contributed by atoms with Crippen LogP contribution >= 0.6 is 0 Å². The van der Waals surface area contributed by atoms with Crippen LogP contribution in [0.15, 0.2) is 23.8 Å². The van der Waals surface area contributed by atoms with Crippen LogP contribution in [0.2, 0.25) is 0 Å². The molecule has 0 aromatic carbocycles. The molecule has 33 heavy (non-hydrogen) atoms. The second-order valence-corrected chi connectivity index (χ2v) is 9.07. The summed E-state index contributed by atoms with van der Waals surface area (Å²) < 4.78 is 25.8. The van der Waals surface area contributed by atoms with E-state index in [4.69, 9.17) is 12.2 Å². The minimum atomic E-state index is -2.21. The summed E-state index contributed by atoms with van der Waals surface area (Å²) >= 11 is 0. The van der Waals surface area contributed by atoms with Crippen molar-refractivity contribution in [2.75, 3.05) is 6.61 Å². The Bertz CT molecular complexity index is 855. The first-order valence-electron chi connectivity index (χ1n) is 13.0. The maximum absolute atomic E-state index is 12.2. The van der Waals surface area contributed by atoms with Gasteiger partial charge in [-0.3, -0.25) is 4.79 Å². The van der Waals surface area contributed by atoms with E-state index in [1.807, 2.05) is 19.1 Å². The summed E-state index contributed by atoms with van der Waals surface area (Å²) in [7, 11) is 0. The molecular weight excluding hydrogens is 420 g/mol. The molecule has 0 radical (unpaired) electrons. The van der Waals surface area contributed by atoms with Crippen LogP contribution < -0.4 is 0 Å². The molecule has 6 heteroatoms. The van der Waals surface area contributed by atoms with Crippen LogP contribution in [0, 0.1) is 35.5 Å². The number of hydrogen-bond acceptors (Lipinski definition) is 6. The largest absolute Gasteiger partial charge is 0.463 e. The number of carbonyl (C=O) groups excluding carboxylic acids is 2. The normalized spacial score (nSPS) is 29.5. The van der Waals surface area contributed by atoms with Gasteiger partial charge in [-0.1, -0.05) is 30.7 Å². The lowest BCUT2D eigenvalue weighted by Gasteiger charge is -2.19. The number of hydrogen-bond donors (Lipinski definition) is 2. The summed E-state index contributed by atoms with van der Waals surface area (Å²) in [5.41, 5.74) is 1.21. The molecule has 2 aliphatic carbocycles. The van der Waals surface area contributed by atoms with Gasteiger partial charge in [0.2, 0.25) is 0 Å². The van der Waals surface area contributed by atoms with Crippen molar-refractivity contribution in [1.29, 1.82) is 0 Å². The van der Waals surface area contributed by atoms with E-state index in [-0.39, 0.29) is 30.8 Å². The van der Waals surface area contributed by atoms with Crippen LogP contribution in [0.1, 0.15) is 75.3 Å². The van der Waals surface area contributed by atoms with E-state index in [2.05, 4.69) is 11.8 Å². The molecule has 1 unspecified atom stereocenters. The molecule has 184 valence electrons. The Hall–Kier alpha value is -2.10. The molecule has 0 aromatic heterocycles.